The SMILES string of the molecule is CCOP(O)(=S)SC[N+]1(C(C)C)N=C(OC)C=CC1=O. The average molecular weight is 339 g/mol. The first-order chi connectivity index (χ1) is 9.27. The van der Waals surface area contributed by atoms with E-state index in [-0.39, 0.29) is 22.4 Å². The van der Waals surface area contributed by atoms with Gasteiger partial charge in [0.15, 0.2) is 5.88 Å². The molecular weight excluding hydrogens is 319 g/mol. The summed E-state index contributed by atoms with van der Waals surface area (Å²) in [4.78, 5) is 22.3. The highest BCUT2D eigenvalue weighted by Gasteiger charge is 2.43. The highest BCUT2D eigenvalue weighted by atomic mass is 32.9. The summed E-state index contributed by atoms with van der Waals surface area (Å²) in [5, 5.41) is 4.36. The maximum absolute atomic E-state index is 12.3. The Balaban J connectivity index is 2.99. The number of ether oxygens (including phenoxy) is 1. The Morgan fingerprint density at radius 1 is 1.55 bits per heavy atom. The molecule has 0 fully saturated rings. The molecule has 0 aromatic heterocycles. The Kier molecular flexibility index (Phi) is 6.37. The van der Waals surface area contributed by atoms with Crippen LogP contribution in [0.15, 0.2) is 17.3 Å². The Labute approximate surface area is 128 Å². The van der Waals surface area contributed by atoms with E-state index in [2.05, 4.69) is 5.10 Å². The molecule has 2 unspecified atom stereocenters. The van der Waals surface area contributed by atoms with Gasteiger partial charge in [0.05, 0.1) is 19.8 Å². The number of methoxy groups -OCH3 is 1. The molecular formula is C11H20N2O4PS2+. The number of rotatable bonds is 6. The fraction of sp³-hybridized carbons (Fsp3) is 0.636. The summed E-state index contributed by atoms with van der Waals surface area (Å²) in [6.45, 7) is 5.87. The molecule has 1 aliphatic heterocycles. The van der Waals surface area contributed by atoms with E-state index in [0.717, 1.165) is 11.4 Å². The van der Waals surface area contributed by atoms with Crippen LogP contribution in [0.2, 0.25) is 0 Å². The minimum absolute atomic E-state index is 0.110. The van der Waals surface area contributed by atoms with Crippen molar-refractivity contribution in [2.45, 2.75) is 26.8 Å². The lowest BCUT2D eigenvalue weighted by Crippen LogP contribution is -2.54. The highest BCUT2D eigenvalue weighted by molar-refractivity contribution is 8.67. The van der Waals surface area contributed by atoms with Crippen LogP contribution in [0, 0.1) is 0 Å². The normalized spacial score (nSPS) is 25.5. The number of hydrogen-bond donors (Lipinski definition) is 1. The zero-order valence-electron chi connectivity index (χ0n) is 12.0. The number of carbonyl (C=O) groups is 1. The standard InChI is InChI=1S/C11H19N2O4PS2/c1-5-17-18(15,19)20-8-13(9(2)3)11(14)7-6-10(12-13)16-4/h6-7,9H,5,8H2,1-4H3/p+1. The third kappa shape index (κ3) is 4.13. The lowest BCUT2D eigenvalue weighted by atomic mass is 10.3. The first-order valence-corrected chi connectivity index (χ1v) is 10.4. The molecule has 114 valence electrons. The van der Waals surface area contributed by atoms with E-state index in [1.165, 1.54) is 19.3 Å². The Hall–Kier alpha value is -0.240. The minimum Gasteiger partial charge on any atom is -0.478 e. The molecule has 0 spiro atoms. The first-order valence-electron chi connectivity index (χ1n) is 6.14. The largest absolute Gasteiger partial charge is 0.478 e. The van der Waals surface area contributed by atoms with Gasteiger partial charge in [-0.05, 0) is 49.1 Å². The summed E-state index contributed by atoms with van der Waals surface area (Å²) in [6, 6.07) is -0.110. The van der Waals surface area contributed by atoms with Crippen molar-refractivity contribution < 1.29 is 23.5 Å². The molecule has 2 atom stereocenters. The van der Waals surface area contributed by atoms with Gasteiger partial charge < -0.3 is 14.2 Å². The van der Waals surface area contributed by atoms with Gasteiger partial charge in [0.25, 0.3) is 5.90 Å². The number of amides is 1. The summed E-state index contributed by atoms with van der Waals surface area (Å²) in [6.07, 6.45) is 2.97. The van der Waals surface area contributed by atoms with Crippen LogP contribution in [0.25, 0.3) is 0 Å². The second-order valence-corrected chi connectivity index (χ2v) is 10.5. The van der Waals surface area contributed by atoms with Gasteiger partial charge in [0.2, 0.25) is 5.69 Å². The predicted octanol–water partition coefficient (Wildman–Crippen LogP) is 2.21. The van der Waals surface area contributed by atoms with E-state index in [1.807, 2.05) is 13.8 Å². The molecule has 1 amide bonds. The van der Waals surface area contributed by atoms with Crippen molar-refractivity contribution in [3.8, 4) is 0 Å². The maximum Gasteiger partial charge on any atom is 0.365 e. The van der Waals surface area contributed by atoms with Gasteiger partial charge in [-0.25, -0.2) is 4.79 Å². The lowest BCUT2D eigenvalue weighted by molar-refractivity contribution is -0.868. The quantitative estimate of drug-likeness (QED) is 0.591. The van der Waals surface area contributed by atoms with Gasteiger partial charge in [-0.3, -0.25) is 0 Å². The average Bonchev–Trinajstić information content (AvgIpc) is 2.37. The molecule has 0 bridgehead atoms. The lowest BCUT2D eigenvalue weighted by Gasteiger charge is -2.34. The molecule has 0 saturated carbocycles. The monoisotopic (exact) mass is 339 g/mol. The van der Waals surface area contributed by atoms with Crippen LogP contribution >= 0.6 is 17.1 Å². The van der Waals surface area contributed by atoms with Gasteiger partial charge in [-0.2, -0.15) is 0 Å². The van der Waals surface area contributed by atoms with Gasteiger partial charge in [-0.15, -0.1) is 4.59 Å². The second-order valence-electron chi connectivity index (χ2n) is 4.38. The molecule has 1 aliphatic rings. The van der Waals surface area contributed by atoms with Crippen molar-refractivity contribution >= 4 is 40.7 Å². The Morgan fingerprint density at radius 2 is 2.20 bits per heavy atom. The fourth-order valence-electron chi connectivity index (χ4n) is 1.61. The molecule has 0 saturated heterocycles. The van der Waals surface area contributed by atoms with E-state index in [0.29, 0.717) is 12.5 Å². The summed E-state index contributed by atoms with van der Waals surface area (Å²) in [5.41, 5.74) is -2.95. The smallest absolute Gasteiger partial charge is 0.365 e. The van der Waals surface area contributed by atoms with Crippen molar-refractivity contribution in [2.24, 2.45) is 5.10 Å². The van der Waals surface area contributed by atoms with Crippen molar-refractivity contribution in [3.63, 3.8) is 0 Å². The molecule has 6 nitrogen and oxygen atoms in total. The van der Waals surface area contributed by atoms with E-state index in [4.69, 9.17) is 21.1 Å². The van der Waals surface area contributed by atoms with Gasteiger partial charge in [0, 0.05) is 6.08 Å². The first kappa shape index (κ1) is 17.8. The molecule has 9 heteroatoms. The van der Waals surface area contributed by atoms with Crippen LogP contribution in [0.4, 0.5) is 0 Å². The predicted molar refractivity (Wildman–Crippen MR) is 84.6 cm³/mol. The van der Waals surface area contributed by atoms with Crippen LogP contribution in [0.3, 0.4) is 0 Å². The van der Waals surface area contributed by atoms with Crippen LogP contribution in [0.5, 0.6) is 0 Å². The third-order valence-electron chi connectivity index (χ3n) is 2.80. The molecule has 0 radical (unpaired) electrons. The summed E-state index contributed by atoms with van der Waals surface area (Å²) in [7, 11) is 1.50. The maximum atomic E-state index is 12.3. The molecule has 1 heterocycles. The number of quaternary nitrogens is 1. The van der Waals surface area contributed by atoms with E-state index < -0.39 is 5.69 Å². The molecule has 0 aromatic rings. The summed E-state index contributed by atoms with van der Waals surface area (Å²) in [5.74, 6) is 0.419. The van der Waals surface area contributed by atoms with Crippen LogP contribution in [-0.2, 0) is 25.9 Å². The fourth-order valence-corrected chi connectivity index (χ4v) is 5.06. The zero-order valence-corrected chi connectivity index (χ0v) is 14.5. The molecule has 1 rings (SSSR count). The number of nitrogens with zero attached hydrogens (tertiary/aromatic N) is 2. The highest BCUT2D eigenvalue weighted by Crippen LogP contribution is 2.57. The van der Waals surface area contributed by atoms with Crippen molar-refractivity contribution in [2.75, 3.05) is 19.6 Å². The van der Waals surface area contributed by atoms with Gasteiger partial charge in [0.1, 0.15) is 6.04 Å². The molecule has 0 aromatic carbocycles. The molecule has 20 heavy (non-hydrogen) atoms. The van der Waals surface area contributed by atoms with Crippen molar-refractivity contribution in [3.05, 3.63) is 12.2 Å². The van der Waals surface area contributed by atoms with E-state index in [9.17, 15) is 9.69 Å². The van der Waals surface area contributed by atoms with Crippen molar-refractivity contribution in [1.29, 1.82) is 0 Å². The van der Waals surface area contributed by atoms with E-state index in [1.54, 1.807) is 6.92 Å². The van der Waals surface area contributed by atoms with Crippen LogP contribution < -0.4 is 0 Å². The number of carbonyl (C=O) groups excluding carboxylic acids is 1. The Bertz CT molecular complexity index is 481. The minimum atomic E-state index is -2.95. The summed E-state index contributed by atoms with van der Waals surface area (Å²) >= 11 is 6.10. The molecule has 1 N–H and O–H groups in total. The van der Waals surface area contributed by atoms with Gasteiger partial charge >= 0.3 is 5.91 Å². The number of hydrogen-bond acceptors (Lipinski definition) is 6. The van der Waals surface area contributed by atoms with E-state index >= 15 is 0 Å². The van der Waals surface area contributed by atoms with Crippen LogP contribution in [0.1, 0.15) is 20.8 Å². The summed E-state index contributed by atoms with van der Waals surface area (Å²) < 4.78 is 10.1. The zero-order chi connectivity index (χ0) is 15.4. The molecule has 0 aliphatic carbocycles. The second kappa shape index (κ2) is 7.15. The topological polar surface area (TPSA) is 68.1 Å². The third-order valence-corrected chi connectivity index (χ3v) is 7.13. The Morgan fingerprint density at radius 3 is 2.70 bits per heavy atom. The van der Waals surface area contributed by atoms with Crippen LogP contribution in [-0.4, -0.2) is 46.9 Å². The van der Waals surface area contributed by atoms with Crippen molar-refractivity contribution in [1.82, 2.24) is 0 Å². The van der Waals surface area contributed by atoms with Gasteiger partial charge in [-0.1, -0.05) is 0 Å².